The highest BCUT2D eigenvalue weighted by atomic mass is 16.3. The second-order valence-electron chi connectivity index (χ2n) is 3.41. The van der Waals surface area contributed by atoms with Gasteiger partial charge in [-0.1, -0.05) is 13.8 Å². The highest BCUT2D eigenvalue weighted by Crippen LogP contribution is 1.98. The van der Waals surface area contributed by atoms with Crippen LogP contribution in [0.1, 0.15) is 26.7 Å². The summed E-state index contributed by atoms with van der Waals surface area (Å²) in [5.74, 6) is 0.171. The molecule has 0 saturated carbocycles. The average Bonchev–Trinajstić information content (AvgIpc) is 2.13. The van der Waals surface area contributed by atoms with Crippen molar-refractivity contribution in [2.24, 2.45) is 11.7 Å². The molecule has 1 amide bonds. The third-order valence-corrected chi connectivity index (χ3v) is 1.94. The molecular formula is C9H20N2O2. The molecule has 0 radical (unpaired) electrons. The Morgan fingerprint density at radius 3 is 2.69 bits per heavy atom. The molecule has 0 aromatic heterocycles. The number of amides is 1. The number of nitrogens with one attached hydrogen (secondary N) is 1. The first kappa shape index (κ1) is 12.4. The third-order valence-electron chi connectivity index (χ3n) is 1.94. The van der Waals surface area contributed by atoms with Crippen LogP contribution in [0, 0.1) is 5.92 Å². The maximum Gasteiger partial charge on any atom is 0.220 e. The molecule has 0 heterocycles. The van der Waals surface area contributed by atoms with Crippen LogP contribution in [0.25, 0.3) is 0 Å². The number of hydrogen-bond donors (Lipinski definition) is 3. The molecule has 0 bridgehead atoms. The van der Waals surface area contributed by atoms with Gasteiger partial charge in [0.25, 0.3) is 0 Å². The van der Waals surface area contributed by atoms with Gasteiger partial charge in [0, 0.05) is 13.0 Å². The van der Waals surface area contributed by atoms with Gasteiger partial charge >= 0.3 is 0 Å². The van der Waals surface area contributed by atoms with Crippen molar-refractivity contribution in [1.82, 2.24) is 5.32 Å². The quantitative estimate of drug-likeness (QED) is 0.543. The van der Waals surface area contributed by atoms with E-state index in [-0.39, 0.29) is 11.8 Å². The molecule has 0 aliphatic rings. The number of carbonyl (C=O) groups excluding carboxylic acids is 1. The van der Waals surface area contributed by atoms with Crippen molar-refractivity contribution in [2.75, 3.05) is 13.1 Å². The van der Waals surface area contributed by atoms with Crippen LogP contribution in [0.4, 0.5) is 0 Å². The number of aliphatic hydroxyl groups is 1. The first-order chi connectivity index (χ1) is 6.10. The standard InChI is InChI=1S/C9H20N2O2/c1-3-8(12)6-11-9(13)4-7(2)5-10/h7-8,12H,3-6,10H2,1-2H3,(H,11,13). The molecule has 0 aromatic carbocycles. The van der Waals surface area contributed by atoms with E-state index in [4.69, 9.17) is 10.8 Å². The second kappa shape index (κ2) is 6.86. The lowest BCUT2D eigenvalue weighted by Crippen LogP contribution is -2.33. The monoisotopic (exact) mass is 188 g/mol. The highest BCUT2D eigenvalue weighted by Gasteiger charge is 2.08. The summed E-state index contributed by atoms with van der Waals surface area (Å²) < 4.78 is 0. The zero-order chi connectivity index (χ0) is 10.3. The Kier molecular flexibility index (Phi) is 6.54. The smallest absolute Gasteiger partial charge is 0.220 e. The van der Waals surface area contributed by atoms with Crippen molar-refractivity contribution in [2.45, 2.75) is 32.8 Å². The van der Waals surface area contributed by atoms with Crippen molar-refractivity contribution >= 4 is 5.91 Å². The van der Waals surface area contributed by atoms with E-state index in [9.17, 15) is 4.79 Å². The molecule has 4 heteroatoms. The Bertz CT molecular complexity index is 151. The van der Waals surface area contributed by atoms with Crippen LogP contribution < -0.4 is 11.1 Å². The predicted octanol–water partition coefficient (Wildman–Crippen LogP) is -0.142. The van der Waals surface area contributed by atoms with Crippen molar-refractivity contribution in [3.8, 4) is 0 Å². The van der Waals surface area contributed by atoms with E-state index in [1.54, 1.807) is 0 Å². The Hall–Kier alpha value is -0.610. The Balaban J connectivity index is 3.51. The van der Waals surface area contributed by atoms with Gasteiger partial charge in [-0.2, -0.15) is 0 Å². The van der Waals surface area contributed by atoms with Crippen LogP contribution in [-0.2, 0) is 4.79 Å². The molecule has 4 nitrogen and oxygen atoms in total. The molecule has 0 fully saturated rings. The lowest BCUT2D eigenvalue weighted by molar-refractivity contribution is -0.122. The lowest BCUT2D eigenvalue weighted by Gasteiger charge is -2.11. The van der Waals surface area contributed by atoms with Crippen molar-refractivity contribution < 1.29 is 9.90 Å². The average molecular weight is 188 g/mol. The van der Waals surface area contributed by atoms with Gasteiger partial charge in [0.1, 0.15) is 0 Å². The Morgan fingerprint density at radius 2 is 2.23 bits per heavy atom. The van der Waals surface area contributed by atoms with E-state index in [0.717, 1.165) is 0 Å². The van der Waals surface area contributed by atoms with Gasteiger partial charge in [0.2, 0.25) is 5.91 Å². The number of nitrogens with two attached hydrogens (primary N) is 1. The molecule has 0 aliphatic carbocycles. The summed E-state index contributed by atoms with van der Waals surface area (Å²) in [6.07, 6.45) is 0.664. The van der Waals surface area contributed by atoms with Crippen LogP contribution in [0.3, 0.4) is 0 Å². The van der Waals surface area contributed by atoms with Crippen molar-refractivity contribution in [3.63, 3.8) is 0 Å². The minimum Gasteiger partial charge on any atom is -0.391 e. The minimum absolute atomic E-state index is 0.0366. The van der Waals surface area contributed by atoms with Gasteiger partial charge in [-0.25, -0.2) is 0 Å². The van der Waals surface area contributed by atoms with E-state index >= 15 is 0 Å². The van der Waals surface area contributed by atoms with E-state index in [2.05, 4.69) is 5.32 Å². The van der Waals surface area contributed by atoms with Crippen LogP contribution in [0.2, 0.25) is 0 Å². The van der Waals surface area contributed by atoms with Gasteiger partial charge in [0.05, 0.1) is 6.10 Å². The van der Waals surface area contributed by atoms with Gasteiger partial charge in [0.15, 0.2) is 0 Å². The van der Waals surface area contributed by atoms with E-state index in [0.29, 0.717) is 25.9 Å². The van der Waals surface area contributed by atoms with Gasteiger partial charge in [-0.05, 0) is 18.9 Å². The zero-order valence-electron chi connectivity index (χ0n) is 8.42. The minimum atomic E-state index is -0.433. The maximum absolute atomic E-state index is 11.2. The largest absolute Gasteiger partial charge is 0.391 e. The zero-order valence-corrected chi connectivity index (χ0v) is 8.42. The second-order valence-corrected chi connectivity index (χ2v) is 3.41. The molecule has 0 aromatic rings. The van der Waals surface area contributed by atoms with Gasteiger partial charge < -0.3 is 16.2 Å². The Morgan fingerprint density at radius 1 is 1.62 bits per heavy atom. The van der Waals surface area contributed by atoms with Crippen molar-refractivity contribution in [3.05, 3.63) is 0 Å². The summed E-state index contributed by atoms with van der Waals surface area (Å²) in [7, 11) is 0. The van der Waals surface area contributed by atoms with Crippen LogP contribution in [0.5, 0.6) is 0 Å². The van der Waals surface area contributed by atoms with Gasteiger partial charge in [-0.15, -0.1) is 0 Å². The van der Waals surface area contributed by atoms with E-state index < -0.39 is 6.10 Å². The molecule has 2 atom stereocenters. The molecule has 0 spiro atoms. The SMILES string of the molecule is CCC(O)CNC(=O)CC(C)CN. The predicted molar refractivity (Wildman–Crippen MR) is 52.1 cm³/mol. The number of rotatable bonds is 6. The molecule has 2 unspecified atom stereocenters. The molecule has 0 aliphatic heterocycles. The molecule has 78 valence electrons. The topological polar surface area (TPSA) is 75.3 Å². The highest BCUT2D eigenvalue weighted by molar-refractivity contribution is 5.76. The van der Waals surface area contributed by atoms with Crippen LogP contribution >= 0.6 is 0 Å². The molecule has 0 rings (SSSR count). The summed E-state index contributed by atoms with van der Waals surface area (Å²) in [5.41, 5.74) is 5.37. The number of hydrogen-bond acceptors (Lipinski definition) is 3. The van der Waals surface area contributed by atoms with E-state index in [1.165, 1.54) is 0 Å². The molecular weight excluding hydrogens is 168 g/mol. The first-order valence-electron chi connectivity index (χ1n) is 4.75. The summed E-state index contributed by atoms with van der Waals surface area (Å²) in [6, 6.07) is 0. The summed E-state index contributed by atoms with van der Waals surface area (Å²) in [5, 5.41) is 11.8. The van der Waals surface area contributed by atoms with Gasteiger partial charge in [-0.3, -0.25) is 4.79 Å². The van der Waals surface area contributed by atoms with Crippen LogP contribution in [-0.4, -0.2) is 30.2 Å². The Labute approximate surface area is 79.5 Å². The fraction of sp³-hybridized carbons (Fsp3) is 0.889. The molecule has 4 N–H and O–H groups in total. The third kappa shape index (κ3) is 6.54. The fourth-order valence-electron chi connectivity index (χ4n) is 0.848. The summed E-state index contributed by atoms with van der Waals surface area (Å²) in [6.45, 7) is 4.66. The summed E-state index contributed by atoms with van der Waals surface area (Å²) >= 11 is 0. The van der Waals surface area contributed by atoms with Crippen molar-refractivity contribution in [1.29, 1.82) is 0 Å². The summed E-state index contributed by atoms with van der Waals surface area (Å²) in [4.78, 5) is 11.2. The van der Waals surface area contributed by atoms with Crippen LogP contribution in [0.15, 0.2) is 0 Å². The number of carbonyl (C=O) groups is 1. The lowest BCUT2D eigenvalue weighted by atomic mass is 10.1. The maximum atomic E-state index is 11.2. The van der Waals surface area contributed by atoms with E-state index in [1.807, 2.05) is 13.8 Å². The molecule has 13 heavy (non-hydrogen) atoms. The fourth-order valence-corrected chi connectivity index (χ4v) is 0.848. The normalized spacial score (nSPS) is 15.1. The molecule has 0 saturated heterocycles. The first-order valence-corrected chi connectivity index (χ1v) is 4.75. The number of aliphatic hydroxyl groups excluding tert-OH is 1.